The van der Waals surface area contributed by atoms with Crippen LogP contribution in [0.1, 0.15) is 0 Å². The van der Waals surface area contributed by atoms with Crippen molar-refractivity contribution in [2.75, 3.05) is 0 Å². The smallest absolute Gasteiger partial charge is 0.271 e. The number of pyridine rings is 1. The molecule has 2 aromatic carbocycles. The topological polar surface area (TPSA) is 124 Å². The van der Waals surface area contributed by atoms with Gasteiger partial charge in [0.15, 0.2) is 5.96 Å². The number of non-ortho nitro benzene ring substituents is 1. The van der Waals surface area contributed by atoms with E-state index in [0.717, 1.165) is 5.56 Å². The van der Waals surface area contributed by atoms with Crippen molar-refractivity contribution in [3.63, 3.8) is 0 Å². The Balaban J connectivity index is 2.26. The number of hydrogen-bond donors (Lipinski definition) is 2. The number of nitro groups is 1. The molecule has 1 aromatic heterocycles. The number of amides is 1. The van der Waals surface area contributed by atoms with E-state index in [-0.39, 0.29) is 11.6 Å². The Morgan fingerprint density at radius 2 is 1.96 bits per heavy atom. The summed E-state index contributed by atoms with van der Waals surface area (Å²) in [5, 5.41) is 13.9. The van der Waals surface area contributed by atoms with Gasteiger partial charge in [0.2, 0.25) is 6.41 Å². The van der Waals surface area contributed by atoms with E-state index in [1.165, 1.54) is 12.1 Å². The lowest BCUT2D eigenvalue weighted by Gasteiger charge is -2.08. The summed E-state index contributed by atoms with van der Waals surface area (Å²) in [6.07, 6.45) is 0.422. The maximum Gasteiger partial charge on any atom is 0.271 e. The van der Waals surface area contributed by atoms with Gasteiger partial charge in [-0.25, -0.2) is 9.98 Å². The highest BCUT2D eigenvalue weighted by Gasteiger charge is 2.12. The minimum absolute atomic E-state index is 0.0703. The molecular formula is C17H13N5O3. The van der Waals surface area contributed by atoms with Crippen LogP contribution in [0.4, 0.5) is 11.4 Å². The molecule has 3 N–H and O–H groups in total. The predicted octanol–water partition coefficient (Wildman–Crippen LogP) is 2.50. The molecule has 3 rings (SSSR count). The Labute approximate surface area is 142 Å². The van der Waals surface area contributed by atoms with Gasteiger partial charge in [0, 0.05) is 23.1 Å². The molecule has 0 bridgehead atoms. The fourth-order valence-corrected chi connectivity index (χ4v) is 2.38. The second-order valence-electron chi connectivity index (χ2n) is 5.11. The first-order valence-electron chi connectivity index (χ1n) is 7.27. The van der Waals surface area contributed by atoms with Gasteiger partial charge in [0.1, 0.15) is 0 Å². The van der Waals surface area contributed by atoms with Crippen LogP contribution in [0.3, 0.4) is 0 Å². The molecule has 8 heteroatoms. The molecule has 0 radical (unpaired) electrons. The summed E-state index contributed by atoms with van der Waals surface area (Å²) < 4.78 is 0. The Hall–Kier alpha value is -3.81. The van der Waals surface area contributed by atoms with Crippen LogP contribution in [0.2, 0.25) is 0 Å². The molecule has 0 unspecified atom stereocenters. The molecule has 0 aliphatic carbocycles. The number of fused-ring (bicyclic) bond motifs is 1. The van der Waals surface area contributed by atoms with Gasteiger partial charge in [0.25, 0.3) is 5.69 Å². The minimum atomic E-state index is -0.485. The molecule has 0 aliphatic heterocycles. The number of rotatable bonds is 4. The highest BCUT2D eigenvalue weighted by molar-refractivity contribution is 5.97. The van der Waals surface area contributed by atoms with Crippen molar-refractivity contribution < 1.29 is 9.72 Å². The fraction of sp³-hybridized carbons (Fsp3) is 0. The van der Waals surface area contributed by atoms with Crippen LogP contribution in [0.25, 0.3) is 22.2 Å². The van der Waals surface area contributed by atoms with Crippen molar-refractivity contribution in [2.24, 2.45) is 10.7 Å². The van der Waals surface area contributed by atoms with Crippen LogP contribution in [-0.4, -0.2) is 22.3 Å². The molecule has 1 amide bonds. The van der Waals surface area contributed by atoms with Crippen LogP contribution in [-0.2, 0) is 4.79 Å². The first-order chi connectivity index (χ1) is 12.1. The number of nitro benzene ring substituents is 1. The van der Waals surface area contributed by atoms with Crippen molar-refractivity contribution >= 4 is 34.6 Å². The molecular weight excluding hydrogens is 322 g/mol. The van der Waals surface area contributed by atoms with Crippen LogP contribution in [0.5, 0.6) is 0 Å². The number of nitrogens with two attached hydrogens (primary N) is 1. The number of aromatic nitrogens is 1. The molecule has 0 aliphatic rings. The Morgan fingerprint density at radius 1 is 1.20 bits per heavy atom. The molecule has 0 saturated carbocycles. The number of hydrogen-bond acceptors (Lipinski definition) is 5. The Kier molecular flexibility index (Phi) is 4.34. The van der Waals surface area contributed by atoms with E-state index in [1.807, 2.05) is 30.3 Å². The van der Waals surface area contributed by atoms with E-state index in [0.29, 0.717) is 28.7 Å². The first-order valence-corrected chi connectivity index (χ1v) is 7.27. The number of carbonyl (C=O) groups is 1. The molecule has 3 aromatic rings. The van der Waals surface area contributed by atoms with Gasteiger partial charge in [0.05, 0.1) is 21.8 Å². The standard InChI is InChI=1S/C17H13N5O3/c18-17(19-10-23)21-16-9-14(11-4-2-1-3-5-11)20-15-8-12(22(24)25)6-7-13(15)16/h1-10H,(H3,18,19,20,21,23). The molecule has 0 fully saturated rings. The lowest BCUT2D eigenvalue weighted by Crippen LogP contribution is -2.29. The van der Waals surface area contributed by atoms with Crippen molar-refractivity contribution in [3.05, 3.63) is 64.7 Å². The third kappa shape index (κ3) is 3.42. The first kappa shape index (κ1) is 16.1. The van der Waals surface area contributed by atoms with Gasteiger partial charge < -0.3 is 5.73 Å². The van der Waals surface area contributed by atoms with Crippen LogP contribution in [0.15, 0.2) is 59.6 Å². The number of guanidine groups is 1. The maximum atomic E-state index is 11.0. The minimum Gasteiger partial charge on any atom is -0.369 e. The lowest BCUT2D eigenvalue weighted by molar-refractivity contribution is -0.384. The summed E-state index contributed by atoms with van der Waals surface area (Å²) in [7, 11) is 0. The number of carbonyl (C=O) groups excluding carboxylic acids is 1. The number of nitrogens with zero attached hydrogens (tertiary/aromatic N) is 3. The zero-order valence-corrected chi connectivity index (χ0v) is 12.9. The van der Waals surface area contributed by atoms with E-state index < -0.39 is 4.92 Å². The van der Waals surface area contributed by atoms with Gasteiger partial charge >= 0.3 is 0 Å². The van der Waals surface area contributed by atoms with E-state index >= 15 is 0 Å². The zero-order valence-electron chi connectivity index (χ0n) is 12.9. The molecule has 8 nitrogen and oxygen atoms in total. The van der Waals surface area contributed by atoms with Crippen molar-refractivity contribution in [1.82, 2.24) is 10.3 Å². The zero-order chi connectivity index (χ0) is 17.8. The van der Waals surface area contributed by atoms with Gasteiger partial charge in [-0.05, 0) is 12.1 Å². The summed E-state index contributed by atoms with van der Waals surface area (Å²) >= 11 is 0. The highest BCUT2D eigenvalue weighted by Crippen LogP contribution is 2.32. The maximum absolute atomic E-state index is 11.0. The molecule has 0 spiro atoms. The van der Waals surface area contributed by atoms with Crippen LogP contribution < -0.4 is 11.1 Å². The second-order valence-corrected chi connectivity index (χ2v) is 5.11. The predicted molar refractivity (Wildman–Crippen MR) is 94.3 cm³/mol. The Morgan fingerprint density at radius 3 is 2.64 bits per heavy atom. The molecule has 0 atom stereocenters. The Bertz CT molecular complexity index is 986. The van der Waals surface area contributed by atoms with Crippen molar-refractivity contribution in [3.8, 4) is 11.3 Å². The molecule has 0 saturated heterocycles. The number of aliphatic imine (C=N–C) groups is 1. The van der Waals surface area contributed by atoms with Gasteiger partial charge in [-0.1, -0.05) is 30.3 Å². The monoisotopic (exact) mass is 335 g/mol. The number of nitrogens with one attached hydrogen (secondary N) is 1. The average Bonchev–Trinajstić information content (AvgIpc) is 2.62. The van der Waals surface area contributed by atoms with Crippen LogP contribution in [0, 0.1) is 10.1 Å². The quantitative estimate of drug-likeness (QED) is 0.249. The van der Waals surface area contributed by atoms with Gasteiger partial charge in [-0.3, -0.25) is 20.2 Å². The highest BCUT2D eigenvalue weighted by atomic mass is 16.6. The second kappa shape index (κ2) is 6.75. The average molecular weight is 335 g/mol. The van der Waals surface area contributed by atoms with Gasteiger partial charge in [-0.15, -0.1) is 0 Å². The van der Waals surface area contributed by atoms with Crippen molar-refractivity contribution in [2.45, 2.75) is 0 Å². The molecule has 124 valence electrons. The van der Waals surface area contributed by atoms with E-state index in [4.69, 9.17) is 5.73 Å². The molecule has 1 heterocycles. The summed E-state index contributed by atoms with van der Waals surface area (Å²) in [6.45, 7) is 0. The van der Waals surface area contributed by atoms with E-state index in [9.17, 15) is 14.9 Å². The normalized spacial score (nSPS) is 11.3. The fourth-order valence-electron chi connectivity index (χ4n) is 2.38. The summed E-state index contributed by atoms with van der Waals surface area (Å²) in [5.74, 6) is -0.0835. The summed E-state index contributed by atoms with van der Waals surface area (Å²) in [4.78, 5) is 29.7. The largest absolute Gasteiger partial charge is 0.369 e. The number of benzene rings is 2. The molecule has 25 heavy (non-hydrogen) atoms. The van der Waals surface area contributed by atoms with Crippen molar-refractivity contribution in [1.29, 1.82) is 0 Å². The van der Waals surface area contributed by atoms with E-state index in [1.54, 1.807) is 12.1 Å². The third-order valence-corrected chi connectivity index (χ3v) is 3.50. The summed E-state index contributed by atoms with van der Waals surface area (Å²) in [6, 6.07) is 15.3. The SMILES string of the molecule is NC(=Nc1cc(-c2ccccc2)nc2cc([N+](=O)[O-])ccc12)NC=O. The lowest BCUT2D eigenvalue weighted by atomic mass is 10.1. The van der Waals surface area contributed by atoms with E-state index in [2.05, 4.69) is 15.3 Å². The van der Waals surface area contributed by atoms with Gasteiger partial charge in [-0.2, -0.15) is 0 Å². The third-order valence-electron chi connectivity index (χ3n) is 3.50. The summed E-state index contributed by atoms with van der Waals surface area (Å²) in [5.41, 5.74) is 7.86. The van der Waals surface area contributed by atoms with Crippen LogP contribution >= 0.6 is 0 Å².